The molecule has 7 nitrogen and oxygen atoms in total. The average Bonchev–Trinajstić information content (AvgIpc) is 3.30. The van der Waals surface area contributed by atoms with Crippen LogP contribution in [0.2, 0.25) is 0 Å². The molecular formula is C18H12F3N5O2S. The molecule has 0 fully saturated rings. The molecule has 4 aromatic rings. The molecule has 148 valence electrons. The molecule has 0 saturated carbocycles. The number of aryl methyl sites for hydroxylation is 1. The van der Waals surface area contributed by atoms with Crippen LogP contribution >= 0.6 is 11.5 Å². The van der Waals surface area contributed by atoms with Crippen LogP contribution in [0.5, 0.6) is 5.75 Å². The lowest BCUT2D eigenvalue weighted by Crippen LogP contribution is -2.17. The molecule has 0 N–H and O–H groups in total. The van der Waals surface area contributed by atoms with E-state index in [-0.39, 0.29) is 16.9 Å². The Hall–Kier alpha value is -3.47. The first-order chi connectivity index (χ1) is 13.8. The number of ether oxygens (including phenoxy) is 1. The lowest BCUT2D eigenvalue weighted by molar-refractivity contribution is -0.274. The number of rotatable bonds is 4. The van der Waals surface area contributed by atoms with Crippen LogP contribution in [0, 0.1) is 6.92 Å². The summed E-state index contributed by atoms with van der Waals surface area (Å²) in [6.45, 7) is 1.85. The Balaban J connectivity index is 1.71. The van der Waals surface area contributed by atoms with Gasteiger partial charge in [-0.05, 0) is 54.9 Å². The Kier molecular flexibility index (Phi) is 4.66. The SMILES string of the molecule is Cc1cc(-n2nccc2-c2nn(-c3ccc(OC(F)(F)F)cc3)ccc2=O)sn1. The minimum Gasteiger partial charge on any atom is -0.406 e. The van der Waals surface area contributed by atoms with Gasteiger partial charge >= 0.3 is 6.36 Å². The standard InChI is InChI=1S/C18H12F3N5O2S/c1-11-10-16(29-24-11)26-14(6-8-22-26)17-15(27)7-9-25(23-17)12-2-4-13(5-3-12)28-18(19,20)21/h2-10H,1H3. The number of benzene rings is 1. The molecule has 0 aliphatic carbocycles. The van der Waals surface area contributed by atoms with Crippen molar-refractivity contribution in [1.82, 2.24) is 23.9 Å². The molecule has 0 bridgehead atoms. The van der Waals surface area contributed by atoms with Crippen molar-refractivity contribution in [2.45, 2.75) is 13.3 Å². The van der Waals surface area contributed by atoms with Crippen molar-refractivity contribution in [1.29, 1.82) is 0 Å². The van der Waals surface area contributed by atoms with Gasteiger partial charge in [-0.3, -0.25) is 4.79 Å². The van der Waals surface area contributed by atoms with E-state index in [4.69, 9.17) is 0 Å². The Morgan fingerprint density at radius 2 is 1.86 bits per heavy atom. The van der Waals surface area contributed by atoms with Gasteiger partial charge in [0.2, 0.25) is 5.43 Å². The summed E-state index contributed by atoms with van der Waals surface area (Å²) < 4.78 is 48.0. The number of hydrogen-bond acceptors (Lipinski definition) is 6. The third-order valence-corrected chi connectivity index (χ3v) is 4.71. The number of nitrogens with zero attached hydrogens (tertiary/aromatic N) is 5. The highest BCUT2D eigenvalue weighted by atomic mass is 32.1. The van der Waals surface area contributed by atoms with Gasteiger partial charge in [0.05, 0.1) is 23.3 Å². The summed E-state index contributed by atoms with van der Waals surface area (Å²) in [5.41, 5.74) is 1.59. The predicted molar refractivity (Wildman–Crippen MR) is 99.5 cm³/mol. The average molecular weight is 419 g/mol. The quantitative estimate of drug-likeness (QED) is 0.504. The van der Waals surface area contributed by atoms with Gasteiger partial charge in [0, 0.05) is 12.3 Å². The van der Waals surface area contributed by atoms with Crippen molar-refractivity contribution in [3.63, 3.8) is 0 Å². The maximum absolute atomic E-state index is 12.4. The second-order valence-corrected chi connectivity index (χ2v) is 6.73. The molecule has 0 atom stereocenters. The molecule has 0 unspecified atom stereocenters. The van der Waals surface area contributed by atoms with Gasteiger partial charge in [0.15, 0.2) is 5.69 Å². The van der Waals surface area contributed by atoms with Crippen LogP contribution in [-0.4, -0.2) is 30.3 Å². The van der Waals surface area contributed by atoms with E-state index in [2.05, 4.69) is 19.3 Å². The summed E-state index contributed by atoms with van der Waals surface area (Å²) in [6, 6.07) is 9.99. The third-order valence-electron chi connectivity index (χ3n) is 3.85. The number of halogens is 3. The molecule has 0 aliphatic rings. The Bertz CT molecular complexity index is 1210. The number of aromatic nitrogens is 5. The van der Waals surface area contributed by atoms with Crippen molar-refractivity contribution in [2.75, 3.05) is 0 Å². The summed E-state index contributed by atoms with van der Waals surface area (Å²) in [5.74, 6) is -0.346. The van der Waals surface area contributed by atoms with Crippen LogP contribution in [0.1, 0.15) is 5.69 Å². The minimum absolute atomic E-state index is 0.145. The minimum atomic E-state index is -4.77. The van der Waals surface area contributed by atoms with Crippen LogP contribution in [-0.2, 0) is 0 Å². The molecule has 1 aromatic carbocycles. The summed E-state index contributed by atoms with van der Waals surface area (Å²) in [7, 11) is 0. The smallest absolute Gasteiger partial charge is 0.406 e. The van der Waals surface area contributed by atoms with Crippen LogP contribution in [0.15, 0.2) is 59.7 Å². The van der Waals surface area contributed by atoms with Crippen molar-refractivity contribution in [3.8, 4) is 27.8 Å². The van der Waals surface area contributed by atoms with Gasteiger partial charge in [0.1, 0.15) is 10.8 Å². The first-order valence-corrected chi connectivity index (χ1v) is 9.02. The molecule has 0 saturated heterocycles. The van der Waals surface area contributed by atoms with E-state index in [1.807, 2.05) is 13.0 Å². The Morgan fingerprint density at radius 3 is 2.52 bits per heavy atom. The summed E-state index contributed by atoms with van der Waals surface area (Å²) in [5, 5.41) is 9.32. The molecule has 11 heteroatoms. The molecule has 29 heavy (non-hydrogen) atoms. The lowest BCUT2D eigenvalue weighted by Gasteiger charge is -2.11. The van der Waals surface area contributed by atoms with Crippen LogP contribution in [0.4, 0.5) is 13.2 Å². The van der Waals surface area contributed by atoms with E-state index >= 15 is 0 Å². The maximum Gasteiger partial charge on any atom is 0.573 e. The highest BCUT2D eigenvalue weighted by Gasteiger charge is 2.31. The molecule has 0 aliphatic heterocycles. The fourth-order valence-corrected chi connectivity index (χ4v) is 3.37. The Morgan fingerprint density at radius 1 is 1.10 bits per heavy atom. The second kappa shape index (κ2) is 7.17. The van der Waals surface area contributed by atoms with Gasteiger partial charge in [-0.2, -0.15) is 14.6 Å². The fourth-order valence-electron chi connectivity index (χ4n) is 2.64. The molecular weight excluding hydrogens is 407 g/mol. The van der Waals surface area contributed by atoms with Crippen LogP contribution in [0.25, 0.3) is 22.1 Å². The van der Waals surface area contributed by atoms with Gasteiger partial charge in [-0.1, -0.05) is 0 Å². The van der Waals surface area contributed by atoms with E-state index in [1.165, 1.54) is 52.7 Å². The molecule has 3 heterocycles. The maximum atomic E-state index is 12.4. The Labute approximate surface area is 165 Å². The normalized spacial score (nSPS) is 11.6. The highest BCUT2D eigenvalue weighted by Crippen LogP contribution is 2.24. The monoisotopic (exact) mass is 419 g/mol. The largest absolute Gasteiger partial charge is 0.573 e. The molecule has 4 rings (SSSR count). The van der Waals surface area contributed by atoms with Crippen molar-refractivity contribution < 1.29 is 17.9 Å². The first-order valence-electron chi connectivity index (χ1n) is 8.24. The van der Waals surface area contributed by atoms with Crippen LogP contribution in [0.3, 0.4) is 0 Å². The first kappa shape index (κ1) is 18.9. The van der Waals surface area contributed by atoms with E-state index in [1.54, 1.807) is 16.9 Å². The summed E-state index contributed by atoms with van der Waals surface area (Å²) in [6.07, 6.45) is -1.78. The van der Waals surface area contributed by atoms with E-state index < -0.39 is 6.36 Å². The van der Waals surface area contributed by atoms with Crippen LogP contribution < -0.4 is 10.2 Å². The third kappa shape index (κ3) is 4.04. The van der Waals surface area contributed by atoms with Gasteiger partial charge < -0.3 is 4.74 Å². The molecule has 0 amide bonds. The van der Waals surface area contributed by atoms with E-state index in [0.717, 1.165) is 10.7 Å². The van der Waals surface area contributed by atoms with Gasteiger partial charge in [-0.15, -0.1) is 13.2 Å². The van der Waals surface area contributed by atoms with E-state index in [0.29, 0.717) is 11.4 Å². The zero-order valence-corrected chi connectivity index (χ0v) is 15.6. The highest BCUT2D eigenvalue weighted by molar-refractivity contribution is 7.08. The predicted octanol–water partition coefficient (Wildman–Crippen LogP) is 3.75. The molecule has 0 radical (unpaired) electrons. The zero-order chi connectivity index (χ0) is 20.6. The molecule has 0 spiro atoms. The second-order valence-electron chi connectivity index (χ2n) is 5.95. The lowest BCUT2D eigenvalue weighted by atomic mass is 10.2. The van der Waals surface area contributed by atoms with Crippen molar-refractivity contribution in [3.05, 3.63) is 70.8 Å². The topological polar surface area (TPSA) is 74.8 Å². The van der Waals surface area contributed by atoms with E-state index in [9.17, 15) is 18.0 Å². The fraction of sp³-hybridized carbons (Fsp3) is 0.111. The van der Waals surface area contributed by atoms with Gasteiger partial charge in [0.25, 0.3) is 0 Å². The summed E-state index contributed by atoms with van der Waals surface area (Å²) in [4.78, 5) is 12.4. The number of alkyl halides is 3. The summed E-state index contributed by atoms with van der Waals surface area (Å²) >= 11 is 1.24. The number of hydrogen-bond donors (Lipinski definition) is 0. The molecule has 3 aromatic heterocycles. The van der Waals surface area contributed by atoms with Crippen molar-refractivity contribution in [2.24, 2.45) is 0 Å². The zero-order valence-electron chi connectivity index (χ0n) is 14.8. The van der Waals surface area contributed by atoms with Crippen molar-refractivity contribution >= 4 is 11.5 Å². The van der Waals surface area contributed by atoms with Gasteiger partial charge in [-0.25, -0.2) is 9.36 Å².